The van der Waals surface area contributed by atoms with Gasteiger partial charge in [0.1, 0.15) is 36.1 Å². The van der Waals surface area contributed by atoms with Crippen LogP contribution in [0.4, 0.5) is 17.6 Å². The number of hydrogen-bond donors (Lipinski definition) is 5. The smallest absolute Gasteiger partial charge is 0.245 e. The van der Waals surface area contributed by atoms with Crippen molar-refractivity contribution in [3.63, 3.8) is 0 Å². The summed E-state index contributed by atoms with van der Waals surface area (Å²) in [5, 5.41) is 12.0. The zero-order chi connectivity index (χ0) is 42.3. The molecule has 17 heteroatoms. The number of benzene rings is 2. The lowest BCUT2D eigenvalue weighted by Crippen LogP contribution is -2.54. The van der Waals surface area contributed by atoms with Gasteiger partial charge in [0, 0.05) is 42.4 Å². The maximum atomic E-state index is 15.5. The van der Waals surface area contributed by atoms with Crippen LogP contribution >= 0.6 is 0 Å². The molecule has 2 aromatic heterocycles. The summed E-state index contributed by atoms with van der Waals surface area (Å²) in [6.07, 6.45) is -0.728. The largest absolute Gasteiger partial charge is 0.352 e. The standard InChI is InChI=1S/C42H53F4N9O4/c1-6-32(51-39(56)21(2)47-4)41(58)54-19-27(46)14-29(54)20-55-35-12-10-25(44)16-34(35)50-38(55)37-31(30-11-9-24(43)15-33(30)49-37)17-28-13-26(45)18-53(28)42(59)36(23-7-8-23)52-40(57)22(3)48-5/h9-12,15-16,21-23,26-29,32,36,47-49H,6-8,13-14,17-20H2,1-5H3,(H,51,56)(H,52,57). The van der Waals surface area contributed by atoms with Crippen molar-refractivity contribution in [2.75, 3.05) is 27.2 Å². The van der Waals surface area contributed by atoms with Crippen LogP contribution < -0.4 is 21.3 Å². The van der Waals surface area contributed by atoms with E-state index in [1.54, 1.807) is 51.6 Å². The number of likely N-dealkylation sites (N-methyl/N-ethyl adjacent to an activating group) is 2. The summed E-state index contributed by atoms with van der Waals surface area (Å²) in [6, 6.07) is 4.20. The van der Waals surface area contributed by atoms with E-state index in [9.17, 15) is 28.0 Å². The van der Waals surface area contributed by atoms with Gasteiger partial charge in [0.2, 0.25) is 23.6 Å². The molecule has 1 saturated carbocycles. The quantitative estimate of drug-likeness (QED) is 0.114. The van der Waals surface area contributed by atoms with Crippen LogP contribution in [-0.2, 0) is 32.1 Å². The second-order valence-corrected chi connectivity index (χ2v) is 16.3. The first-order valence-corrected chi connectivity index (χ1v) is 20.5. The molecule has 0 spiro atoms. The number of fused-ring (bicyclic) bond motifs is 2. The van der Waals surface area contributed by atoms with Crippen LogP contribution in [0.2, 0.25) is 0 Å². The molecule has 3 aliphatic rings. The van der Waals surface area contributed by atoms with Gasteiger partial charge in [-0.15, -0.1) is 0 Å². The van der Waals surface area contributed by atoms with Crippen LogP contribution in [0.5, 0.6) is 0 Å². The zero-order valence-electron chi connectivity index (χ0n) is 34.0. The predicted octanol–water partition coefficient (Wildman–Crippen LogP) is 3.89. The Balaban J connectivity index is 1.26. The third-order valence-corrected chi connectivity index (χ3v) is 12.3. The fraction of sp³-hybridized carbons (Fsp3) is 0.548. The van der Waals surface area contributed by atoms with E-state index in [-0.39, 0.29) is 74.5 Å². The van der Waals surface area contributed by atoms with E-state index < -0.39 is 66.1 Å². The lowest BCUT2D eigenvalue weighted by atomic mass is 9.99. The molecule has 2 aliphatic heterocycles. The van der Waals surface area contributed by atoms with Gasteiger partial charge in [-0.05, 0) is 95.4 Å². The van der Waals surface area contributed by atoms with Crippen LogP contribution in [0.1, 0.15) is 58.4 Å². The molecule has 4 aromatic rings. The van der Waals surface area contributed by atoms with E-state index in [0.717, 1.165) is 12.8 Å². The summed E-state index contributed by atoms with van der Waals surface area (Å²) in [7, 11) is 3.28. The monoisotopic (exact) mass is 823 g/mol. The highest BCUT2D eigenvalue weighted by molar-refractivity contribution is 5.93. The number of amides is 4. The second kappa shape index (κ2) is 17.3. The molecule has 4 amide bonds. The Morgan fingerprint density at radius 2 is 1.46 bits per heavy atom. The van der Waals surface area contributed by atoms with Crippen molar-refractivity contribution in [1.82, 2.24) is 45.6 Å². The fourth-order valence-electron chi connectivity index (χ4n) is 8.55. The molecule has 1 aliphatic carbocycles. The summed E-state index contributed by atoms with van der Waals surface area (Å²) in [5.74, 6) is -2.31. The average Bonchev–Trinajstić information content (AvgIpc) is 3.58. The minimum atomic E-state index is -1.35. The number of imidazole rings is 1. The fourth-order valence-corrected chi connectivity index (χ4v) is 8.55. The lowest BCUT2D eigenvalue weighted by molar-refractivity contribution is -0.138. The molecule has 0 bridgehead atoms. The summed E-state index contributed by atoms with van der Waals surface area (Å²) in [5.41, 5.74) is 2.22. The SMILES string of the molecule is CCC(NC(=O)C(C)NC)C(=O)N1CC(F)CC1Cn1c(-c2[nH]c3cc(F)ccc3c2CC2CC(F)CN2C(=O)C(NC(=O)C(C)NC)C2CC2)nc2cc(F)ccc21. The first-order chi connectivity index (χ1) is 28.2. The number of carbonyl (C=O) groups is 4. The predicted molar refractivity (Wildman–Crippen MR) is 215 cm³/mol. The number of aromatic amines is 1. The van der Waals surface area contributed by atoms with Crippen LogP contribution in [0, 0.1) is 17.6 Å². The first kappa shape index (κ1) is 42.1. The van der Waals surface area contributed by atoms with Crippen LogP contribution in [0.3, 0.4) is 0 Å². The molecule has 59 heavy (non-hydrogen) atoms. The summed E-state index contributed by atoms with van der Waals surface area (Å²) in [6.45, 7) is 4.82. The van der Waals surface area contributed by atoms with Gasteiger partial charge in [0.05, 0.1) is 47.9 Å². The minimum Gasteiger partial charge on any atom is -0.352 e. The number of H-pyrrole nitrogens is 1. The van der Waals surface area contributed by atoms with E-state index in [1.807, 2.05) is 0 Å². The molecule has 7 rings (SSSR count). The van der Waals surface area contributed by atoms with Gasteiger partial charge in [-0.3, -0.25) is 19.2 Å². The number of alkyl halides is 2. The normalized spacial score (nSPS) is 22.8. The Labute approximate surface area is 340 Å². The molecule has 13 nitrogen and oxygen atoms in total. The van der Waals surface area contributed by atoms with Crippen LogP contribution in [-0.4, -0.2) is 124 Å². The summed E-state index contributed by atoms with van der Waals surface area (Å²) < 4.78 is 62.1. The van der Waals surface area contributed by atoms with Crippen molar-refractivity contribution in [2.45, 2.75) is 114 Å². The Bertz CT molecular complexity index is 2230. The Hall–Kier alpha value is -5.03. The van der Waals surface area contributed by atoms with E-state index in [4.69, 9.17) is 4.98 Å². The van der Waals surface area contributed by atoms with E-state index in [0.29, 0.717) is 33.5 Å². The maximum absolute atomic E-state index is 15.5. The highest BCUT2D eigenvalue weighted by Crippen LogP contribution is 2.39. The van der Waals surface area contributed by atoms with Crippen LogP contribution in [0.25, 0.3) is 33.5 Å². The van der Waals surface area contributed by atoms with Gasteiger partial charge in [0.15, 0.2) is 5.82 Å². The Kier molecular flexibility index (Phi) is 12.3. The molecule has 318 valence electrons. The van der Waals surface area contributed by atoms with Gasteiger partial charge in [0.25, 0.3) is 0 Å². The van der Waals surface area contributed by atoms with E-state index >= 15 is 8.78 Å². The van der Waals surface area contributed by atoms with Gasteiger partial charge >= 0.3 is 0 Å². The van der Waals surface area contributed by atoms with Gasteiger partial charge in [-0.1, -0.05) is 6.92 Å². The molecular weight excluding hydrogens is 771 g/mol. The lowest BCUT2D eigenvalue weighted by Gasteiger charge is -2.30. The van der Waals surface area contributed by atoms with E-state index in [2.05, 4.69) is 26.3 Å². The summed E-state index contributed by atoms with van der Waals surface area (Å²) >= 11 is 0. The molecular formula is C42H53F4N9O4. The number of hydrogen-bond acceptors (Lipinski definition) is 7. The number of nitrogens with one attached hydrogen (secondary N) is 5. The zero-order valence-corrected chi connectivity index (χ0v) is 34.0. The molecule has 3 fully saturated rings. The molecule has 8 atom stereocenters. The minimum absolute atomic E-state index is 0.00303. The average molecular weight is 824 g/mol. The number of nitrogens with zero attached hydrogens (tertiary/aromatic N) is 4. The number of carbonyl (C=O) groups excluding carboxylic acids is 4. The van der Waals surface area contributed by atoms with Crippen molar-refractivity contribution in [3.8, 4) is 11.5 Å². The van der Waals surface area contributed by atoms with Crippen molar-refractivity contribution in [3.05, 3.63) is 53.6 Å². The number of aromatic nitrogens is 3. The number of halogens is 4. The molecule has 5 N–H and O–H groups in total. The Morgan fingerprint density at radius 1 is 0.847 bits per heavy atom. The highest BCUT2D eigenvalue weighted by atomic mass is 19.1. The molecule has 2 aromatic carbocycles. The third kappa shape index (κ3) is 8.67. The van der Waals surface area contributed by atoms with Crippen molar-refractivity contribution < 1.29 is 36.7 Å². The van der Waals surface area contributed by atoms with Gasteiger partial charge in [-0.2, -0.15) is 0 Å². The van der Waals surface area contributed by atoms with Crippen molar-refractivity contribution in [2.24, 2.45) is 5.92 Å². The maximum Gasteiger partial charge on any atom is 0.245 e. The van der Waals surface area contributed by atoms with E-state index in [1.165, 1.54) is 34.1 Å². The van der Waals surface area contributed by atoms with Crippen molar-refractivity contribution >= 4 is 45.6 Å². The molecule has 0 radical (unpaired) electrons. The Morgan fingerprint density at radius 3 is 2.10 bits per heavy atom. The van der Waals surface area contributed by atoms with Gasteiger partial charge < -0.3 is 40.6 Å². The topological polar surface area (TPSA) is 156 Å². The molecule has 4 heterocycles. The third-order valence-electron chi connectivity index (χ3n) is 12.3. The highest BCUT2D eigenvalue weighted by Gasteiger charge is 2.45. The first-order valence-electron chi connectivity index (χ1n) is 20.5. The van der Waals surface area contributed by atoms with Crippen molar-refractivity contribution in [1.29, 1.82) is 0 Å². The van der Waals surface area contributed by atoms with Crippen LogP contribution in [0.15, 0.2) is 36.4 Å². The number of likely N-dealkylation sites (tertiary alicyclic amines) is 2. The molecule has 2 saturated heterocycles. The van der Waals surface area contributed by atoms with Gasteiger partial charge in [-0.25, -0.2) is 22.5 Å². The summed E-state index contributed by atoms with van der Waals surface area (Å²) in [4.78, 5) is 65.0. The molecule has 8 unspecified atom stereocenters. The number of rotatable bonds is 15. The second-order valence-electron chi connectivity index (χ2n) is 16.3.